The summed E-state index contributed by atoms with van der Waals surface area (Å²) >= 11 is 0. The molecule has 1 saturated carbocycles. The Bertz CT molecular complexity index is 367. The van der Waals surface area contributed by atoms with E-state index in [9.17, 15) is 0 Å². The van der Waals surface area contributed by atoms with Crippen molar-refractivity contribution in [2.45, 2.75) is 58.0 Å². The minimum absolute atomic E-state index is 0.301. The van der Waals surface area contributed by atoms with Crippen LogP contribution in [0.1, 0.15) is 56.6 Å². The molecule has 0 heterocycles. The molecule has 1 aromatic rings. The summed E-state index contributed by atoms with van der Waals surface area (Å²) in [6, 6.07) is 9.78. The highest BCUT2D eigenvalue weighted by molar-refractivity contribution is 5.24. The zero-order valence-electron chi connectivity index (χ0n) is 12.3. The lowest BCUT2D eigenvalue weighted by Gasteiger charge is -2.37. The zero-order chi connectivity index (χ0) is 13.7. The highest BCUT2D eigenvalue weighted by Gasteiger charge is 2.24. The van der Waals surface area contributed by atoms with Gasteiger partial charge in [-0.25, -0.2) is 0 Å². The highest BCUT2D eigenvalue weighted by atomic mass is 16.3. The van der Waals surface area contributed by atoms with Crippen LogP contribution in [0.15, 0.2) is 24.3 Å². The predicted octanol–water partition coefficient (Wildman–Crippen LogP) is 3.55. The monoisotopic (exact) mass is 261 g/mol. The van der Waals surface area contributed by atoms with Crippen LogP contribution in [0.3, 0.4) is 0 Å². The average molecular weight is 261 g/mol. The van der Waals surface area contributed by atoms with E-state index in [0.29, 0.717) is 12.5 Å². The minimum atomic E-state index is 0.301. The molecule has 19 heavy (non-hydrogen) atoms. The Kier molecular flexibility index (Phi) is 5.41. The van der Waals surface area contributed by atoms with Gasteiger partial charge in [-0.1, -0.05) is 44.5 Å². The molecular weight excluding hydrogens is 234 g/mol. The Morgan fingerprint density at radius 3 is 2.37 bits per heavy atom. The maximum Gasteiger partial charge on any atom is 0.0443 e. The maximum atomic E-state index is 9.02. The second-order valence-corrected chi connectivity index (χ2v) is 6.03. The van der Waals surface area contributed by atoms with Gasteiger partial charge < -0.3 is 5.11 Å². The van der Waals surface area contributed by atoms with Gasteiger partial charge in [0.2, 0.25) is 0 Å². The van der Waals surface area contributed by atoms with E-state index in [1.165, 1.54) is 30.4 Å². The lowest BCUT2D eigenvalue weighted by Crippen LogP contribution is -2.40. The van der Waals surface area contributed by atoms with Gasteiger partial charge in [-0.15, -0.1) is 0 Å². The molecule has 1 aliphatic carbocycles. The summed E-state index contributed by atoms with van der Waals surface area (Å²) in [4.78, 5) is 2.55. The molecule has 1 fully saturated rings. The van der Waals surface area contributed by atoms with Crippen LogP contribution in [0.5, 0.6) is 0 Å². The number of aliphatic hydroxyl groups is 1. The number of aliphatic hydroxyl groups excluding tert-OH is 1. The van der Waals surface area contributed by atoms with Crippen molar-refractivity contribution < 1.29 is 5.11 Å². The fourth-order valence-electron chi connectivity index (χ4n) is 2.66. The number of hydrogen-bond donors (Lipinski definition) is 1. The van der Waals surface area contributed by atoms with Crippen LogP contribution in [-0.4, -0.2) is 29.2 Å². The van der Waals surface area contributed by atoms with Crippen LogP contribution in [0.4, 0.5) is 0 Å². The highest BCUT2D eigenvalue weighted by Crippen LogP contribution is 2.26. The van der Waals surface area contributed by atoms with Crippen LogP contribution in [0.25, 0.3) is 0 Å². The molecule has 2 nitrogen and oxygen atoms in total. The smallest absolute Gasteiger partial charge is 0.0443 e. The molecule has 1 N–H and O–H groups in total. The van der Waals surface area contributed by atoms with E-state index >= 15 is 0 Å². The van der Waals surface area contributed by atoms with Crippen LogP contribution in [0.2, 0.25) is 0 Å². The lowest BCUT2D eigenvalue weighted by atomic mass is 9.91. The molecule has 0 spiro atoms. The van der Waals surface area contributed by atoms with Crippen molar-refractivity contribution in [1.82, 2.24) is 4.90 Å². The number of hydrogen-bond acceptors (Lipinski definition) is 2. The van der Waals surface area contributed by atoms with Crippen molar-refractivity contribution >= 4 is 0 Å². The fourth-order valence-corrected chi connectivity index (χ4v) is 2.66. The first-order valence-electron chi connectivity index (χ1n) is 7.64. The Balaban J connectivity index is 1.95. The second-order valence-electron chi connectivity index (χ2n) is 6.03. The molecule has 0 radical (unpaired) electrons. The first-order valence-corrected chi connectivity index (χ1v) is 7.64. The van der Waals surface area contributed by atoms with Gasteiger partial charge in [0.15, 0.2) is 0 Å². The third kappa shape index (κ3) is 4.05. The second kappa shape index (κ2) is 7.06. The average Bonchev–Trinajstić information content (AvgIpc) is 2.34. The molecule has 0 aliphatic heterocycles. The van der Waals surface area contributed by atoms with Gasteiger partial charge in [0.25, 0.3) is 0 Å². The van der Waals surface area contributed by atoms with Gasteiger partial charge in [0, 0.05) is 25.7 Å². The molecule has 0 saturated heterocycles. The predicted molar refractivity (Wildman–Crippen MR) is 80.3 cm³/mol. The van der Waals surface area contributed by atoms with Crippen LogP contribution in [0, 0.1) is 0 Å². The quantitative estimate of drug-likeness (QED) is 0.811. The van der Waals surface area contributed by atoms with Crippen molar-refractivity contribution in [3.8, 4) is 0 Å². The van der Waals surface area contributed by atoms with Crippen molar-refractivity contribution in [1.29, 1.82) is 0 Å². The van der Waals surface area contributed by atoms with Crippen molar-refractivity contribution in [3.05, 3.63) is 35.4 Å². The van der Waals surface area contributed by atoms with Crippen molar-refractivity contribution in [2.75, 3.05) is 13.2 Å². The minimum Gasteiger partial charge on any atom is -0.396 e. The van der Waals surface area contributed by atoms with Gasteiger partial charge >= 0.3 is 0 Å². The van der Waals surface area contributed by atoms with Crippen molar-refractivity contribution in [2.24, 2.45) is 0 Å². The summed E-state index contributed by atoms with van der Waals surface area (Å²) in [5, 5.41) is 9.02. The van der Waals surface area contributed by atoms with Gasteiger partial charge in [-0.2, -0.15) is 0 Å². The van der Waals surface area contributed by atoms with Gasteiger partial charge in [0.1, 0.15) is 0 Å². The number of rotatable bonds is 7. The molecule has 0 unspecified atom stereocenters. The standard InChI is InChI=1S/C17H27NO/c1-14(2)16-9-7-15(8-10-16)13-18(11-4-12-19)17-5-3-6-17/h7-10,14,17,19H,3-6,11-13H2,1-2H3. The molecule has 2 rings (SSSR count). The van der Waals surface area contributed by atoms with E-state index in [1.807, 2.05) is 0 Å². The first kappa shape index (κ1) is 14.5. The molecule has 1 aliphatic rings. The molecule has 0 amide bonds. The van der Waals surface area contributed by atoms with E-state index in [4.69, 9.17) is 5.11 Å². The van der Waals surface area contributed by atoms with Crippen molar-refractivity contribution in [3.63, 3.8) is 0 Å². The van der Waals surface area contributed by atoms with Gasteiger partial charge in [-0.05, 0) is 36.3 Å². The maximum absolute atomic E-state index is 9.02. The fraction of sp³-hybridized carbons (Fsp3) is 0.647. The molecule has 2 heteroatoms. The van der Waals surface area contributed by atoms with E-state index in [-0.39, 0.29) is 0 Å². The summed E-state index contributed by atoms with van der Waals surface area (Å²) in [6.45, 7) is 6.82. The molecule has 106 valence electrons. The van der Waals surface area contributed by atoms with Gasteiger partial charge in [-0.3, -0.25) is 4.90 Å². The molecule has 0 atom stereocenters. The first-order chi connectivity index (χ1) is 9.20. The summed E-state index contributed by atoms with van der Waals surface area (Å²) in [6.07, 6.45) is 4.91. The third-order valence-corrected chi connectivity index (χ3v) is 4.23. The summed E-state index contributed by atoms with van der Waals surface area (Å²) in [5.74, 6) is 0.603. The Morgan fingerprint density at radius 1 is 1.21 bits per heavy atom. The van der Waals surface area contributed by atoms with Crippen LogP contribution < -0.4 is 0 Å². The van der Waals surface area contributed by atoms with E-state index < -0.39 is 0 Å². The largest absolute Gasteiger partial charge is 0.396 e. The summed E-state index contributed by atoms with van der Waals surface area (Å²) in [5.41, 5.74) is 2.81. The molecule has 0 bridgehead atoms. The number of nitrogens with zero attached hydrogens (tertiary/aromatic N) is 1. The van der Waals surface area contributed by atoms with Gasteiger partial charge in [0.05, 0.1) is 0 Å². The van der Waals surface area contributed by atoms with Crippen LogP contribution >= 0.6 is 0 Å². The molecule has 1 aromatic carbocycles. The Hall–Kier alpha value is -0.860. The topological polar surface area (TPSA) is 23.5 Å². The lowest BCUT2D eigenvalue weighted by molar-refractivity contribution is 0.109. The van der Waals surface area contributed by atoms with Crippen LogP contribution in [-0.2, 0) is 6.54 Å². The Labute approximate surface area is 117 Å². The third-order valence-electron chi connectivity index (χ3n) is 4.23. The SMILES string of the molecule is CC(C)c1ccc(CN(CCCO)C2CCC2)cc1. The number of benzene rings is 1. The summed E-state index contributed by atoms with van der Waals surface area (Å²) < 4.78 is 0. The van der Waals surface area contributed by atoms with E-state index in [1.54, 1.807) is 0 Å². The molecule has 0 aromatic heterocycles. The Morgan fingerprint density at radius 2 is 1.89 bits per heavy atom. The zero-order valence-corrected chi connectivity index (χ0v) is 12.3. The van der Waals surface area contributed by atoms with E-state index in [2.05, 4.69) is 43.0 Å². The summed E-state index contributed by atoms with van der Waals surface area (Å²) in [7, 11) is 0. The molecular formula is C17H27NO. The van der Waals surface area contributed by atoms with E-state index in [0.717, 1.165) is 25.6 Å². The normalized spacial score (nSPS) is 16.1.